The zero-order valence-electron chi connectivity index (χ0n) is 12.4. The Morgan fingerprint density at radius 3 is 2.43 bits per heavy atom. The Kier molecular flexibility index (Phi) is 3.65. The summed E-state index contributed by atoms with van der Waals surface area (Å²) in [5.74, 6) is -1.05. The van der Waals surface area contributed by atoms with Crippen molar-refractivity contribution in [3.63, 3.8) is 0 Å². The number of carbonyl (C=O) groups is 1. The third-order valence-electron chi connectivity index (χ3n) is 3.62. The normalized spacial score (nSPS) is 10.3. The van der Waals surface area contributed by atoms with E-state index < -0.39 is 5.97 Å². The van der Waals surface area contributed by atoms with E-state index in [-0.39, 0.29) is 5.69 Å². The van der Waals surface area contributed by atoms with Gasteiger partial charge in [-0.3, -0.25) is 4.98 Å². The van der Waals surface area contributed by atoms with Gasteiger partial charge in [0.1, 0.15) is 5.69 Å². The first-order chi connectivity index (χ1) is 11.1. The molecule has 1 N–H and O–H groups in total. The van der Waals surface area contributed by atoms with Gasteiger partial charge in [-0.2, -0.15) is 0 Å². The summed E-state index contributed by atoms with van der Waals surface area (Å²) in [4.78, 5) is 19.2. The molecule has 0 radical (unpaired) electrons. The summed E-state index contributed by atoms with van der Waals surface area (Å²) in [7, 11) is 1.63. The molecule has 0 saturated heterocycles. The minimum absolute atomic E-state index is 0.113. The number of benzene rings is 1. The molecule has 0 aliphatic rings. The molecular weight excluding hydrogens is 290 g/mol. The van der Waals surface area contributed by atoms with Gasteiger partial charge < -0.3 is 9.67 Å². The molecule has 0 aliphatic carbocycles. The lowest BCUT2D eigenvalue weighted by Gasteiger charge is -2.06. The average molecular weight is 303 g/mol. The first-order valence-corrected chi connectivity index (χ1v) is 6.93. The zero-order chi connectivity index (χ0) is 16.4. The summed E-state index contributed by atoms with van der Waals surface area (Å²) in [6.07, 6.45) is 3.26. The third-order valence-corrected chi connectivity index (χ3v) is 3.62. The maximum absolute atomic E-state index is 11.5. The van der Waals surface area contributed by atoms with Crippen molar-refractivity contribution in [3.05, 3.63) is 72.0 Å². The van der Waals surface area contributed by atoms with E-state index in [1.54, 1.807) is 19.4 Å². The van der Waals surface area contributed by atoms with E-state index in [2.05, 4.69) is 9.83 Å². The Balaban J connectivity index is 2.10. The van der Waals surface area contributed by atoms with Crippen LogP contribution in [0, 0.1) is 6.57 Å². The van der Waals surface area contributed by atoms with Crippen LogP contribution in [0.15, 0.2) is 54.9 Å². The Hall–Kier alpha value is -3.39. The molecule has 0 amide bonds. The van der Waals surface area contributed by atoms with Crippen LogP contribution in [-0.4, -0.2) is 20.6 Å². The van der Waals surface area contributed by atoms with Crippen molar-refractivity contribution in [2.45, 2.75) is 0 Å². The molecule has 2 heterocycles. The van der Waals surface area contributed by atoms with Gasteiger partial charge in [0, 0.05) is 30.6 Å². The van der Waals surface area contributed by atoms with Crippen molar-refractivity contribution in [3.8, 4) is 22.4 Å². The molecule has 0 bridgehead atoms. The Labute approximate surface area is 133 Å². The standard InChI is InChI=1S/C18H13N3O2/c1-19-15-11-21(2)17(18(22)23)16(15)13-8-6-12(7-9-13)14-5-3-4-10-20-14/h3-11H,2H3,(H,22,23). The summed E-state index contributed by atoms with van der Waals surface area (Å²) in [6, 6.07) is 13.1. The van der Waals surface area contributed by atoms with Crippen molar-refractivity contribution >= 4 is 11.7 Å². The topological polar surface area (TPSA) is 59.5 Å². The third kappa shape index (κ3) is 2.58. The maximum atomic E-state index is 11.5. The second-order valence-corrected chi connectivity index (χ2v) is 5.06. The molecule has 23 heavy (non-hydrogen) atoms. The first kappa shape index (κ1) is 14.5. The molecule has 0 fully saturated rings. The van der Waals surface area contributed by atoms with Crippen LogP contribution < -0.4 is 0 Å². The number of aromatic carboxylic acids is 1. The van der Waals surface area contributed by atoms with Crippen LogP contribution in [0.3, 0.4) is 0 Å². The SMILES string of the molecule is [C-]#[N+]c1cn(C)c(C(=O)O)c1-c1ccc(-c2ccccn2)cc1. The predicted octanol–water partition coefficient (Wildman–Crippen LogP) is 4.00. The summed E-state index contributed by atoms with van der Waals surface area (Å²) in [6.45, 7) is 7.27. The van der Waals surface area contributed by atoms with Gasteiger partial charge in [-0.15, -0.1) is 0 Å². The van der Waals surface area contributed by atoms with Crippen LogP contribution in [-0.2, 0) is 7.05 Å². The molecule has 3 aromatic rings. The number of hydrogen-bond donors (Lipinski definition) is 1. The smallest absolute Gasteiger partial charge is 0.351 e. The van der Waals surface area contributed by atoms with Gasteiger partial charge in [0.05, 0.1) is 12.3 Å². The fourth-order valence-corrected chi connectivity index (χ4v) is 2.58. The highest BCUT2D eigenvalue weighted by atomic mass is 16.4. The van der Waals surface area contributed by atoms with Crippen molar-refractivity contribution in [1.82, 2.24) is 9.55 Å². The van der Waals surface area contributed by atoms with Crippen LogP contribution in [0.4, 0.5) is 5.69 Å². The summed E-state index contributed by atoms with van der Waals surface area (Å²) in [5, 5.41) is 9.42. The van der Waals surface area contributed by atoms with Crippen LogP contribution in [0.25, 0.3) is 27.2 Å². The molecule has 1 aromatic carbocycles. The highest BCUT2D eigenvalue weighted by molar-refractivity contribution is 5.99. The van der Waals surface area contributed by atoms with Crippen LogP contribution >= 0.6 is 0 Å². The highest BCUT2D eigenvalue weighted by Crippen LogP contribution is 2.36. The van der Waals surface area contributed by atoms with Crippen molar-refractivity contribution in [2.24, 2.45) is 7.05 Å². The molecule has 2 aromatic heterocycles. The van der Waals surface area contributed by atoms with Gasteiger partial charge in [0.2, 0.25) is 5.69 Å². The first-order valence-electron chi connectivity index (χ1n) is 6.93. The van der Waals surface area contributed by atoms with E-state index in [1.165, 1.54) is 4.57 Å². The Bertz CT molecular complexity index is 904. The summed E-state index contributed by atoms with van der Waals surface area (Å²) < 4.78 is 1.47. The van der Waals surface area contributed by atoms with Gasteiger partial charge in [-0.05, 0) is 17.7 Å². The molecule has 0 unspecified atom stereocenters. The van der Waals surface area contributed by atoms with E-state index in [0.29, 0.717) is 16.8 Å². The van der Waals surface area contributed by atoms with Gasteiger partial charge in [0.25, 0.3) is 0 Å². The molecule has 112 valence electrons. The molecule has 3 rings (SSSR count). The molecule has 0 spiro atoms. The van der Waals surface area contributed by atoms with Gasteiger partial charge in [-0.1, -0.05) is 30.3 Å². The minimum atomic E-state index is -1.05. The number of nitrogens with zero attached hydrogens (tertiary/aromatic N) is 3. The van der Waals surface area contributed by atoms with E-state index >= 15 is 0 Å². The number of aryl methyl sites for hydroxylation is 1. The number of carboxylic acids is 1. The number of pyridine rings is 1. The van der Waals surface area contributed by atoms with E-state index in [1.807, 2.05) is 42.5 Å². The van der Waals surface area contributed by atoms with Crippen molar-refractivity contribution in [2.75, 3.05) is 0 Å². The van der Waals surface area contributed by atoms with Crippen LogP contribution in [0.2, 0.25) is 0 Å². The van der Waals surface area contributed by atoms with Gasteiger partial charge in [-0.25, -0.2) is 9.64 Å². The van der Waals surface area contributed by atoms with Crippen LogP contribution in [0.1, 0.15) is 10.5 Å². The summed E-state index contributed by atoms with van der Waals surface area (Å²) in [5.41, 5.74) is 3.37. The van der Waals surface area contributed by atoms with E-state index in [9.17, 15) is 9.90 Å². The fraction of sp³-hybridized carbons (Fsp3) is 0.0556. The number of rotatable bonds is 3. The molecule has 5 heteroatoms. The van der Waals surface area contributed by atoms with Crippen LogP contribution in [0.5, 0.6) is 0 Å². The highest BCUT2D eigenvalue weighted by Gasteiger charge is 2.21. The number of carboxylic acid groups (broad SMARTS) is 1. The van der Waals surface area contributed by atoms with Gasteiger partial charge >= 0.3 is 5.97 Å². The van der Waals surface area contributed by atoms with E-state index in [4.69, 9.17) is 6.57 Å². The molecule has 5 nitrogen and oxygen atoms in total. The Morgan fingerprint density at radius 2 is 1.87 bits per heavy atom. The predicted molar refractivity (Wildman–Crippen MR) is 87.3 cm³/mol. The molecule has 0 atom stereocenters. The van der Waals surface area contributed by atoms with Crippen molar-refractivity contribution < 1.29 is 9.90 Å². The monoisotopic (exact) mass is 303 g/mol. The number of aromatic nitrogens is 2. The van der Waals surface area contributed by atoms with Crippen molar-refractivity contribution in [1.29, 1.82) is 0 Å². The fourth-order valence-electron chi connectivity index (χ4n) is 2.58. The maximum Gasteiger partial charge on any atom is 0.351 e. The minimum Gasteiger partial charge on any atom is -0.477 e. The average Bonchev–Trinajstić information content (AvgIpc) is 2.92. The largest absolute Gasteiger partial charge is 0.477 e. The summed E-state index contributed by atoms with van der Waals surface area (Å²) >= 11 is 0. The van der Waals surface area contributed by atoms with Gasteiger partial charge in [0.15, 0.2) is 0 Å². The lowest BCUT2D eigenvalue weighted by Crippen LogP contribution is -2.05. The second-order valence-electron chi connectivity index (χ2n) is 5.06. The lowest BCUT2D eigenvalue weighted by atomic mass is 10.0. The Morgan fingerprint density at radius 1 is 1.17 bits per heavy atom. The molecule has 0 saturated carbocycles. The number of hydrogen-bond acceptors (Lipinski definition) is 2. The molecule has 0 aliphatic heterocycles. The lowest BCUT2D eigenvalue weighted by molar-refractivity contribution is 0.0687. The molecular formula is C18H13N3O2. The quantitative estimate of drug-likeness (QED) is 0.744. The zero-order valence-corrected chi connectivity index (χ0v) is 12.4. The van der Waals surface area contributed by atoms with E-state index in [0.717, 1.165) is 11.3 Å². The second kappa shape index (κ2) is 5.78.